The van der Waals surface area contributed by atoms with Crippen LogP contribution in [0, 0.1) is 0 Å². The number of anilines is 2. The molecule has 25 heavy (non-hydrogen) atoms. The Morgan fingerprint density at radius 3 is 2.80 bits per heavy atom. The van der Waals surface area contributed by atoms with Crippen LogP contribution >= 0.6 is 11.3 Å². The fourth-order valence-corrected chi connectivity index (χ4v) is 3.44. The summed E-state index contributed by atoms with van der Waals surface area (Å²) in [6.07, 6.45) is 3.80. The van der Waals surface area contributed by atoms with Gasteiger partial charge < -0.3 is 4.90 Å². The molecule has 0 saturated heterocycles. The second-order valence-corrected chi connectivity index (χ2v) is 6.73. The monoisotopic (exact) mass is 351 g/mol. The van der Waals surface area contributed by atoms with Crippen molar-refractivity contribution in [3.8, 4) is 0 Å². The van der Waals surface area contributed by atoms with E-state index in [1.807, 2.05) is 6.07 Å². The number of benzene rings is 1. The molecule has 1 aromatic carbocycles. The summed E-state index contributed by atoms with van der Waals surface area (Å²) >= 11 is 1.28. The van der Waals surface area contributed by atoms with Crippen molar-refractivity contribution in [2.75, 3.05) is 16.8 Å². The first-order chi connectivity index (χ1) is 12.3. The summed E-state index contributed by atoms with van der Waals surface area (Å²) in [4.78, 5) is 19.0. The minimum absolute atomic E-state index is 0.225. The largest absolute Gasteiger partial charge is 0.352 e. The lowest BCUT2D eigenvalue weighted by Crippen LogP contribution is -2.23. The van der Waals surface area contributed by atoms with E-state index < -0.39 is 0 Å². The maximum absolute atomic E-state index is 12.2. The van der Waals surface area contributed by atoms with Gasteiger partial charge in [0.25, 0.3) is 5.91 Å². The van der Waals surface area contributed by atoms with Crippen LogP contribution in [0.4, 0.5) is 10.9 Å². The zero-order valence-electron chi connectivity index (χ0n) is 13.6. The van der Waals surface area contributed by atoms with Crippen molar-refractivity contribution >= 4 is 28.2 Å². The van der Waals surface area contributed by atoms with Gasteiger partial charge in [0.2, 0.25) is 5.13 Å². The number of carbonyl (C=O) groups excluding carboxylic acids is 1. The van der Waals surface area contributed by atoms with E-state index in [1.165, 1.54) is 22.5 Å². The maximum atomic E-state index is 12.2. The fourth-order valence-electron chi connectivity index (χ4n) is 3.00. The highest BCUT2D eigenvalue weighted by atomic mass is 32.1. The first kappa shape index (κ1) is 15.7. The molecular formula is C18H17N5OS. The van der Waals surface area contributed by atoms with Crippen LogP contribution in [0.15, 0.2) is 48.1 Å². The van der Waals surface area contributed by atoms with Gasteiger partial charge in [-0.3, -0.25) is 10.1 Å². The lowest BCUT2D eigenvalue weighted by atomic mass is 10.0. The van der Waals surface area contributed by atoms with Crippen LogP contribution in [0.25, 0.3) is 0 Å². The van der Waals surface area contributed by atoms with Crippen LogP contribution in [-0.2, 0) is 13.0 Å². The highest BCUT2D eigenvalue weighted by molar-refractivity contribution is 7.13. The van der Waals surface area contributed by atoms with E-state index in [2.05, 4.69) is 49.7 Å². The van der Waals surface area contributed by atoms with Crippen molar-refractivity contribution in [2.45, 2.75) is 19.4 Å². The van der Waals surface area contributed by atoms with Crippen LogP contribution in [0.2, 0.25) is 0 Å². The Labute approximate surface area is 149 Å². The molecule has 0 aliphatic carbocycles. The van der Waals surface area contributed by atoms with Gasteiger partial charge in [0.05, 0.1) is 5.56 Å². The molecule has 0 radical (unpaired) electrons. The topological polar surface area (TPSA) is 71.0 Å². The smallest absolute Gasteiger partial charge is 0.259 e. The average molecular weight is 351 g/mol. The van der Waals surface area contributed by atoms with Crippen LogP contribution in [0.1, 0.15) is 27.9 Å². The van der Waals surface area contributed by atoms with Gasteiger partial charge in [0.15, 0.2) is 0 Å². The minimum atomic E-state index is -0.225. The third kappa shape index (κ3) is 3.51. The number of nitrogens with one attached hydrogen (secondary N) is 1. The molecule has 126 valence electrons. The summed E-state index contributed by atoms with van der Waals surface area (Å²) in [5.74, 6) is 0.668. The minimum Gasteiger partial charge on any atom is -0.352 e. The Balaban J connectivity index is 1.49. The Bertz CT molecular complexity index is 863. The third-order valence-electron chi connectivity index (χ3n) is 4.27. The van der Waals surface area contributed by atoms with E-state index in [-0.39, 0.29) is 5.91 Å². The number of aromatic nitrogens is 3. The van der Waals surface area contributed by atoms with E-state index in [1.54, 1.807) is 17.8 Å². The predicted molar refractivity (Wildman–Crippen MR) is 97.9 cm³/mol. The second kappa shape index (κ2) is 6.98. The van der Waals surface area contributed by atoms with E-state index in [0.717, 1.165) is 31.7 Å². The number of aryl methyl sites for hydroxylation is 1. The summed E-state index contributed by atoms with van der Waals surface area (Å²) in [7, 11) is 0. The van der Waals surface area contributed by atoms with Crippen molar-refractivity contribution in [3.05, 3.63) is 64.8 Å². The zero-order chi connectivity index (χ0) is 17.1. The molecule has 3 heterocycles. The van der Waals surface area contributed by atoms with Gasteiger partial charge in [-0.15, -0.1) is 10.2 Å². The molecule has 0 fully saturated rings. The SMILES string of the molecule is O=C(Nc1nncs1)c1ccc(N2CCCc3ccccc3C2)nc1. The van der Waals surface area contributed by atoms with Gasteiger partial charge in [-0.05, 0) is 36.1 Å². The maximum Gasteiger partial charge on any atom is 0.259 e. The van der Waals surface area contributed by atoms with Crippen molar-refractivity contribution in [2.24, 2.45) is 0 Å². The molecule has 1 aliphatic rings. The molecule has 2 aromatic heterocycles. The van der Waals surface area contributed by atoms with Gasteiger partial charge in [0.1, 0.15) is 11.3 Å². The molecular weight excluding hydrogens is 334 g/mol. The van der Waals surface area contributed by atoms with Gasteiger partial charge in [-0.2, -0.15) is 0 Å². The Kier molecular flexibility index (Phi) is 4.39. The summed E-state index contributed by atoms with van der Waals surface area (Å²) in [6.45, 7) is 1.80. The molecule has 0 spiro atoms. The number of nitrogens with zero attached hydrogens (tertiary/aromatic N) is 4. The first-order valence-electron chi connectivity index (χ1n) is 8.15. The molecule has 4 rings (SSSR count). The number of carbonyl (C=O) groups is 1. The lowest BCUT2D eigenvalue weighted by molar-refractivity contribution is 0.102. The summed E-state index contributed by atoms with van der Waals surface area (Å²) in [5.41, 5.74) is 4.85. The first-order valence-corrected chi connectivity index (χ1v) is 9.03. The number of amides is 1. The Morgan fingerprint density at radius 1 is 1.16 bits per heavy atom. The van der Waals surface area contributed by atoms with E-state index in [9.17, 15) is 4.79 Å². The van der Waals surface area contributed by atoms with Crippen LogP contribution in [0.3, 0.4) is 0 Å². The average Bonchev–Trinajstić information content (AvgIpc) is 3.05. The number of hydrogen-bond donors (Lipinski definition) is 1. The quantitative estimate of drug-likeness (QED) is 0.785. The second-order valence-electron chi connectivity index (χ2n) is 5.90. The van der Waals surface area contributed by atoms with Crippen molar-refractivity contribution < 1.29 is 4.79 Å². The zero-order valence-corrected chi connectivity index (χ0v) is 14.4. The van der Waals surface area contributed by atoms with Crippen LogP contribution in [0.5, 0.6) is 0 Å². The number of rotatable bonds is 3. The molecule has 1 amide bonds. The summed E-state index contributed by atoms with van der Waals surface area (Å²) in [5, 5.41) is 10.7. The molecule has 1 aliphatic heterocycles. The van der Waals surface area contributed by atoms with Gasteiger partial charge in [0, 0.05) is 19.3 Å². The van der Waals surface area contributed by atoms with E-state index in [0.29, 0.717) is 10.7 Å². The normalized spacial score (nSPS) is 13.8. The molecule has 1 N–H and O–H groups in total. The lowest BCUT2D eigenvalue weighted by Gasteiger charge is -2.22. The van der Waals surface area contributed by atoms with Gasteiger partial charge in [-0.25, -0.2) is 4.98 Å². The van der Waals surface area contributed by atoms with Crippen molar-refractivity contribution in [3.63, 3.8) is 0 Å². The highest BCUT2D eigenvalue weighted by Crippen LogP contribution is 2.22. The number of fused-ring (bicyclic) bond motifs is 1. The van der Waals surface area contributed by atoms with Crippen molar-refractivity contribution in [1.29, 1.82) is 0 Å². The Hall–Kier alpha value is -2.80. The third-order valence-corrected chi connectivity index (χ3v) is 4.87. The Morgan fingerprint density at radius 2 is 2.04 bits per heavy atom. The summed E-state index contributed by atoms with van der Waals surface area (Å²) in [6, 6.07) is 12.3. The van der Waals surface area contributed by atoms with Gasteiger partial charge in [-0.1, -0.05) is 35.6 Å². The molecule has 6 nitrogen and oxygen atoms in total. The number of hydrogen-bond acceptors (Lipinski definition) is 6. The van der Waals surface area contributed by atoms with E-state index >= 15 is 0 Å². The molecule has 0 atom stereocenters. The fraction of sp³-hybridized carbons (Fsp3) is 0.222. The summed E-state index contributed by atoms with van der Waals surface area (Å²) < 4.78 is 0. The molecule has 7 heteroatoms. The van der Waals surface area contributed by atoms with Crippen molar-refractivity contribution in [1.82, 2.24) is 15.2 Å². The standard InChI is InChI=1S/C18H17N5OS/c24-17(21-18-22-20-12-25-18)14-7-8-16(19-10-14)23-9-3-6-13-4-1-2-5-15(13)11-23/h1-2,4-5,7-8,10,12H,3,6,9,11H2,(H,21,22,24). The molecule has 0 bridgehead atoms. The molecule has 0 unspecified atom stereocenters. The van der Waals surface area contributed by atoms with Gasteiger partial charge >= 0.3 is 0 Å². The highest BCUT2D eigenvalue weighted by Gasteiger charge is 2.16. The number of pyridine rings is 1. The molecule has 0 saturated carbocycles. The van der Waals surface area contributed by atoms with Crippen LogP contribution in [-0.4, -0.2) is 27.6 Å². The predicted octanol–water partition coefficient (Wildman–Crippen LogP) is 3.14. The van der Waals surface area contributed by atoms with Crippen LogP contribution < -0.4 is 10.2 Å². The van der Waals surface area contributed by atoms with E-state index in [4.69, 9.17) is 0 Å². The molecule has 3 aromatic rings.